The van der Waals surface area contributed by atoms with E-state index < -0.39 is 0 Å². The molecule has 1 aliphatic heterocycles. The van der Waals surface area contributed by atoms with Crippen LogP contribution in [-0.2, 0) is 4.79 Å². The van der Waals surface area contributed by atoms with Crippen LogP contribution in [0.3, 0.4) is 0 Å². The summed E-state index contributed by atoms with van der Waals surface area (Å²) in [6.07, 6.45) is 0.929. The van der Waals surface area contributed by atoms with Gasteiger partial charge in [-0.25, -0.2) is 4.79 Å². The fourth-order valence-corrected chi connectivity index (χ4v) is 1.66. The van der Waals surface area contributed by atoms with Crippen LogP contribution < -0.4 is 10.6 Å². The summed E-state index contributed by atoms with van der Waals surface area (Å²) in [6, 6.07) is -0.365. The van der Waals surface area contributed by atoms with Gasteiger partial charge in [0.15, 0.2) is 0 Å². The first-order chi connectivity index (χ1) is 4.74. The number of rotatable bonds is 2. The maximum atomic E-state index is 10.8. The molecule has 56 valence electrons. The number of nitrogens with one attached hydrogen (secondary N) is 2. The topological polar surface area (TPSA) is 58.2 Å². The molecule has 0 radical (unpaired) electrons. The molecule has 1 saturated heterocycles. The van der Waals surface area contributed by atoms with Crippen molar-refractivity contribution in [3.63, 3.8) is 0 Å². The fourth-order valence-electron chi connectivity index (χ4n) is 0.765. The van der Waals surface area contributed by atoms with E-state index in [0.717, 1.165) is 6.16 Å². The molecule has 1 heterocycles. The van der Waals surface area contributed by atoms with Crippen LogP contribution >= 0.6 is 8.58 Å². The molecular weight excluding hydrogens is 151 g/mol. The summed E-state index contributed by atoms with van der Waals surface area (Å²) in [6.45, 7) is 1.98. The highest BCUT2D eigenvalue weighted by Crippen LogP contribution is 2.17. The standard InChI is InChI=1S/C5H9N2O2P/c1-2-10-4-3(8)6-5(9)7-4/h4,10H,2H2,1H3,(H2,6,7,8,9). The normalized spacial score (nSPS) is 25.5. The zero-order valence-electron chi connectivity index (χ0n) is 5.60. The van der Waals surface area contributed by atoms with Crippen molar-refractivity contribution in [3.8, 4) is 0 Å². The van der Waals surface area contributed by atoms with Crippen LogP contribution in [0.2, 0.25) is 0 Å². The summed E-state index contributed by atoms with van der Waals surface area (Å²) in [5, 5.41) is 4.69. The molecule has 10 heavy (non-hydrogen) atoms. The van der Waals surface area contributed by atoms with E-state index in [9.17, 15) is 9.59 Å². The van der Waals surface area contributed by atoms with Crippen molar-refractivity contribution in [3.05, 3.63) is 0 Å². The number of carbonyl (C=O) groups is 2. The number of hydrogen-bond acceptors (Lipinski definition) is 2. The fraction of sp³-hybridized carbons (Fsp3) is 0.600. The number of imide groups is 1. The molecule has 2 unspecified atom stereocenters. The largest absolute Gasteiger partial charge is 0.322 e. The van der Waals surface area contributed by atoms with Crippen LogP contribution in [0.4, 0.5) is 4.79 Å². The number of carbonyl (C=O) groups excluding carboxylic acids is 2. The van der Waals surface area contributed by atoms with Gasteiger partial charge in [0.2, 0.25) is 0 Å². The number of hydrogen-bond donors (Lipinski definition) is 2. The van der Waals surface area contributed by atoms with Crippen LogP contribution in [0.25, 0.3) is 0 Å². The van der Waals surface area contributed by atoms with Gasteiger partial charge in [-0.15, -0.1) is 0 Å². The summed E-state index contributed by atoms with van der Waals surface area (Å²) < 4.78 is 0. The molecular formula is C5H9N2O2P. The van der Waals surface area contributed by atoms with E-state index in [-0.39, 0.29) is 17.7 Å². The molecule has 2 N–H and O–H groups in total. The van der Waals surface area contributed by atoms with E-state index >= 15 is 0 Å². The Balaban J connectivity index is 2.46. The second-order valence-electron chi connectivity index (χ2n) is 1.95. The van der Waals surface area contributed by atoms with Crippen molar-refractivity contribution >= 4 is 20.5 Å². The molecule has 0 spiro atoms. The molecule has 1 rings (SSSR count). The maximum absolute atomic E-state index is 10.8. The molecule has 1 fully saturated rings. The third kappa shape index (κ3) is 1.45. The van der Waals surface area contributed by atoms with E-state index in [4.69, 9.17) is 0 Å². The maximum Gasteiger partial charge on any atom is 0.322 e. The van der Waals surface area contributed by atoms with E-state index in [1.165, 1.54) is 0 Å². The number of amides is 3. The summed E-state index contributed by atoms with van der Waals surface area (Å²) in [7, 11) is 0.491. The zero-order valence-corrected chi connectivity index (χ0v) is 6.60. The van der Waals surface area contributed by atoms with Crippen molar-refractivity contribution in [2.75, 3.05) is 6.16 Å². The van der Waals surface area contributed by atoms with Crippen LogP contribution in [0.1, 0.15) is 6.92 Å². The molecule has 0 aromatic rings. The minimum atomic E-state index is -0.365. The predicted molar refractivity (Wildman–Crippen MR) is 39.3 cm³/mol. The molecule has 0 aromatic heterocycles. The lowest BCUT2D eigenvalue weighted by atomic mass is 10.6. The first-order valence-corrected chi connectivity index (χ1v) is 4.37. The van der Waals surface area contributed by atoms with Crippen LogP contribution in [0.5, 0.6) is 0 Å². The van der Waals surface area contributed by atoms with Crippen molar-refractivity contribution < 1.29 is 9.59 Å². The first kappa shape index (κ1) is 7.48. The molecule has 1 aliphatic rings. The summed E-state index contributed by atoms with van der Waals surface area (Å²) in [5.41, 5.74) is 0. The zero-order chi connectivity index (χ0) is 7.56. The summed E-state index contributed by atoms with van der Waals surface area (Å²) in [4.78, 5) is 21.3. The van der Waals surface area contributed by atoms with Gasteiger partial charge in [0.05, 0.1) is 0 Å². The van der Waals surface area contributed by atoms with Crippen LogP contribution in [-0.4, -0.2) is 23.9 Å². The Morgan fingerprint density at radius 1 is 1.60 bits per heavy atom. The molecule has 0 saturated carbocycles. The highest BCUT2D eigenvalue weighted by atomic mass is 31.1. The molecule has 3 amide bonds. The van der Waals surface area contributed by atoms with Gasteiger partial charge in [-0.3, -0.25) is 10.1 Å². The molecule has 0 aromatic carbocycles. The van der Waals surface area contributed by atoms with Crippen molar-refractivity contribution in [1.29, 1.82) is 0 Å². The second-order valence-corrected chi connectivity index (χ2v) is 3.65. The Kier molecular flexibility index (Phi) is 2.22. The van der Waals surface area contributed by atoms with Crippen LogP contribution in [0, 0.1) is 0 Å². The van der Waals surface area contributed by atoms with Crippen molar-refractivity contribution in [2.45, 2.75) is 12.7 Å². The lowest BCUT2D eigenvalue weighted by molar-refractivity contribution is -0.118. The average Bonchev–Trinajstić information content (AvgIpc) is 2.13. The van der Waals surface area contributed by atoms with E-state index in [1.54, 1.807) is 0 Å². The Morgan fingerprint density at radius 3 is 2.70 bits per heavy atom. The second kappa shape index (κ2) is 2.97. The van der Waals surface area contributed by atoms with E-state index in [2.05, 4.69) is 10.6 Å². The number of urea groups is 1. The smallest absolute Gasteiger partial charge is 0.322 e. The highest BCUT2D eigenvalue weighted by molar-refractivity contribution is 7.40. The Labute approximate surface area is 60.5 Å². The van der Waals surface area contributed by atoms with Gasteiger partial charge in [0.1, 0.15) is 5.78 Å². The molecule has 0 aliphatic carbocycles. The van der Waals surface area contributed by atoms with Gasteiger partial charge in [0, 0.05) is 0 Å². The van der Waals surface area contributed by atoms with Crippen molar-refractivity contribution in [1.82, 2.24) is 10.6 Å². The van der Waals surface area contributed by atoms with Gasteiger partial charge in [-0.2, -0.15) is 0 Å². The summed E-state index contributed by atoms with van der Waals surface area (Å²) >= 11 is 0. The van der Waals surface area contributed by atoms with Crippen molar-refractivity contribution in [2.24, 2.45) is 0 Å². The molecule has 4 nitrogen and oxygen atoms in total. The van der Waals surface area contributed by atoms with Gasteiger partial charge < -0.3 is 5.32 Å². The monoisotopic (exact) mass is 160 g/mol. The molecule has 2 atom stereocenters. The predicted octanol–water partition coefficient (Wildman–Crippen LogP) is -0.150. The van der Waals surface area contributed by atoms with Gasteiger partial charge in [-0.1, -0.05) is 15.5 Å². The summed E-state index contributed by atoms with van der Waals surface area (Å²) in [5.74, 6) is -0.456. The Bertz CT molecular complexity index is 171. The third-order valence-corrected chi connectivity index (χ3v) is 2.41. The lowest BCUT2D eigenvalue weighted by Gasteiger charge is -2.02. The minimum Gasteiger partial charge on any atom is -0.322 e. The minimum absolute atomic E-state index is 0.190. The quantitative estimate of drug-likeness (QED) is 0.436. The van der Waals surface area contributed by atoms with Gasteiger partial charge in [0.25, 0.3) is 5.91 Å². The highest BCUT2D eigenvalue weighted by Gasteiger charge is 2.27. The van der Waals surface area contributed by atoms with E-state index in [0.29, 0.717) is 8.58 Å². The molecule has 0 bridgehead atoms. The van der Waals surface area contributed by atoms with E-state index in [1.807, 2.05) is 6.92 Å². The molecule has 5 heteroatoms. The average molecular weight is 160 g/mol. The van der Waals surface area contributed by atoms with Gasteiger partial charge >= 0.3 is 6.03 Å². The lowest BCUT2D eigenvalue weighted by Crippen LogP contribution is -2.23. The van der Waals surface area contributed by atoms with Crippen LogP contribution in [0.15, 0.2) is 0 Å². The van der Waals surface area contributed by atoms with Gasteiger partial charge in [-0.05, 0) is 6.16 Å². The Morgan fingerprint density at radius 2 is 2.30 bits per heavy atom. The first-order valence-electron chi connectivity index (χ1n) is 3.08. The SMILES string of the molecule is CCPC1NC(=O)NC1=O. The third-order valence-electron chi connectivity index (χ3n) is 1.18. The Hall–Kier alpha value is -0.630.